The van der Waals surface area contributed by atoms with E-state index in [0.29, 0.717) is 10.8 Å². The van der Waals surface area contributed by atoms with Crippen LogP contribution in [0.2, 0.25) is 0 Å². The van der Waals surface area contributed by atoms with Crippen molar-refractivity contribution in [3.63, 3.8) is 0 Å². The molecular formula is C21H15FN4O3S. The van der Waals surface area contributed by atoms with Crippen LogP contribution in [0.1, 0.15) is 23.6 Å². The summed E-state index contributed by atoms with van der Waals surface area (Å²) in [6.07, 6.45) is -0.194. The minimum Gasteiger partial charge on any atom is -0.293 e. The third-order valence-electron chi connectivity index (χ3n) is 5.18. The number of anilines is 1. The highest BCUT2D eigenvalue weighted by Gasteiger charge is 2.44. The molecule has 1 fully saturated rings. The first-order chi connectivity index (χ1) is 14.5. The van der Waals surface area contributed by atoms with Crippen LogP contribution in [-0.2, 0) is 9.59 Å². The number of thiazole rings is 1. The van der Waals surface area contributed by atoms with Gasteiger partial charge in [0.05, 0.1) is 27.4 Å². The molecule has 0 saturated carbocycles. The number of rotatable bonds is 3. The maximum atomic E-state index is 14.2. The van der Waals surface area contributed by atoms with Crippen LogP contribution in [0, 0.1) is 12.7 Å². The minimum atomic E-state index is -0.975. The molecule has 4 aromatic rings. The molecule has 7 nitrogen and oxygen atoms in total. The maximum Gasteiger partial charge on any atom is 0.277 e. The number of nitrogens with zero attached hydrogens (tertiary/aromatic N) is 3. The molecule has 1 aliphatic heterocycles. The highest BCUT2D eigenvalue weighted by Crippen LogP contribution is 2.34. The fourth-order valence-electron chi connectivity index (χ4n) is 3.80. The molecule has 2 amide bonds. The topological polar surface area (TPSA) is 88.1 Å². The van der Waals surface area contributed by atoms with Crippen molar-refractivity contribution in [1.29, 1.82) is 0 Å². The summed E-state index contributed by atoms with van der Waals surface area (Å²) < 4.78 is 16.4. The van der Waals surface area contributed by atoms with E-state index < -0.39 is 29.1 Å². The molecule has 30 heavy (non-hydrogen) atoms. The van der Waals surface area contributed by atoms with E-state index in [2.05, 4.69) is 10.1 Å². The lowest BCUT2D eigenvalue weighted by molar-refractivity contribution is -0.121. The van der Waals surface area contributed by atoms with Crippen LogP contribution < -0.4 is 10.5 Å². The minimum absolute atomic E-state index is 0.102. The summed E-state index contributed by atoms with van der Waals surface area (Å²) in [5.41, 5.74) is 0.895. The zero-order chi connectivity index (χ0) is 21.0. The Morgan fingerprint density at radius 3 is 2.60 bits per heavy atom. The van der Waals surface area contributed by atoms with Crippen LogP contribution in [0.25, 0.3) is 15.3 Å². The van der Waals surface area contributed by atoms with Crippen molar-refractivity contribution in [2.45, 2.75) is 19.3 Å². The van der Waals surface area contributed by atoms with Gasteiger partial charge < -0.3 is 0 Å². The van der Waals surface area contributed by atoms with Crippen molar-refractivity contribution in [3.8, 4) is 5.13 Å². The number of aromatic nitrogens is 3. The summed E-state index contributed by atoms with van der Waals surface area (Å²) in [7, 11) is 0. The van der Waals surface area contributed by atoms with E-state index in [1.54, 1.807) is 13.0 Å². The van der Waals surface area contributed by atoms with Crippen molar-refractivity contribution in [2.24, 2.45) is 0 Å². The van der Waals surface area contributed by atoms with Gasteiger partial charge in [-0.2, -0.15) is 4.68 Å². The number of hydrogen-bond acceptors (Lipinski definition) is 5. The van der Waals surface area contributed by atoms with E-state index >= 15 is 0 Å². The largest absolute Gasteiger partial charge is 0.293 e. The van der Waals surface area contributed by atoms with Gasteiger partial charge >= 0.3 is 0 Å². The van der Waals surface area contributed by atoms with E-state index in [-0.39, 0.29) is 17.7 Å². The predicted molar refractivity (Wildman–Crippen MR) is 111 cm³/mol. The zero-order valence-corrected chi connectivity index (χ0v) is 16.6. The Morgan fingerprint density at radius 1 is 1.10 bits per heavy atom. The number of carbonyl (C=O) groups excluding carboxylic acids is 2. The van der Waals surface area contributed by atoms with E-state index in [4.69, 9.17) is 0 Å². The van der Waals surface area contributed by atoms with Gasteiger partial charge in [-0.25, -0.2) is 14.3 Å². The quantitative estimate of drug-likeness (QED) is 0.514. The second-order valence-electron chi connectivity index (χ2n) is 7.03. The number of imide groups is 1. The number of benzene rings is 2. The van der Waals surface area contributed by atoms with Crippen LogP contribution in [-0.4, -0.2) is 26.6 Å². The van der Waals surface area contributed by atoms with Crippen molar-refractivity contribution < 1.29 is 14.0 Å². The average molecular weight is 422 g/mol. The fraction of sp³-hybridized carbons (Fsp3) is 0.143. The van der Waals surface area contributed by atoms with Gasteiger partial charge in [0, 0.05) is 12.1 Å². The molecule has 150 valence electrons. The summed E-state index contributed by atoms with van der Waals surface area (Å²) in [4.78, 5) is 44.0. The average Bonchev–Trinajstić information content (AvgIpc) is 3.36. The molecule has 3 heterocycles. The fourth-order valence-corrected chi connectivity index (χ4v) is 4.73. The van der Waals surface area contributed by atoms with E-state index in [1.807, 2.05) is 24.3 Å². The molecule has 1 atom stereocenters. The van der Waals surface area contributed by atoms with Crippen LogP contribution >= 0.6 is 11.3 Å². The Bertz CT molecular complexity index is 1350. The maximum absolute atomic E-state index is 14.2. The summed E-state index contributed by atoms with van der Waals surface area (Å²) in [5, 5.41) is 3.41. The molecular weight excluding hydrogens is 407 g/mol. The number of halogens is 1. The molecule has 9 heteroatoms. The standard InChI is InChI=1S/C21H15FN4O3S/c1-11-18(12-10-17(27)25(19(12)28)15-8-4-2-6-13(15)22)20(29)26(24-11)21-23-14-7-3-5-9-16(14)30-21/h2-9,12,24H,10H2,1H3. The first-order valence-electron chi connectivity index (χ1n) is 9.24. The van der Waals surface area contributed by atoms with Gasteiger partial charge in [-0.05, 0) is 31.2 Å². The number of fused-ring (bicyclic) bond motifs is 1. The number of para-hydroxylation sites is 2. The summed E-state index contributed by atoms with van der Waals surface area (Å²) in [5.74, 6) is -2.80. The van der Waals surface area contributed by atoms with Crippen molar-refractivity contribution in [1.82, 2.24) is 14.8 Å². The molecule has 2 aromatic heterocycles. The second-order valence-corrected chi connectivity index (χ2v) is 8.04. The van der Waals surface area contributed by atoms with E-state index in [1.165, 1.54) is 34.2 Å². The zero-order valence-electron chi connectivity index (χ0n) is 15.8. The summed E-state index contributed by atoms with van der Waals surface area (Å²) in [6.45, 7) is 1.67. The Hall–Kier alpha value is -3.59. The lowest BCUT2D eigenvalue weighted by Gasteiger charge is -2.15. The van der Waals surface area contributed by atoms with Crippen LogP contribution in [0.4, 0.5) is 10.1 Å². The van der Waals surface area contributed by atoms with Crippen LogP contribution in [0.3, 0.4) is 0 Å². The Labute approximate surface area is 173 Å². The van der Waals surface area contributed by atoms with Crippen molar-refractivity contribution in [3.05, 3.63) is 76.0 Å². The normalized spacial score (nSPS) is 16.7. The number of aryl methyl sites for hydroxylation is 1. The summed E-state index contributed by atoms with van der Waals surface area (Å²) in [6, 6.07) is 13.1. The van der Waals surface area contributed by atoms with Gasteiger partial charge in [0.2, 0.25) is 16.9 Å². The molecule has 1 aliphatic rings. The lowest BCUT2D eigenvalue weighted by atomic mass is 9.98. The first-order valence-corrected chi connectivity index (χ1v) is 10.1. The Balaban J connectivity index is 1.57. The molecule has 0 aliphatic carbocycles. The Kier molecular flexibility index (Phi) is 4.14. The molecule has 0 spiro atoms. The smallest absolute Gasteiger partial charge is 0.277 e. The number of aromatic amines is 1. The molecule has 5 rings (SSSR count). The SMILES string of the molecule is Cc1[nH]n(-c2nc3ccccc3s2)c(=O)c1C1CC(=O)N(c2ccccc2F)C1=O. The summed E-state index contributed by atoms with van der Waals surface area (Å²) >= 11 is 1.34. The number of amides is 2. The molecule has 1 saturated heterocycles. The lowest BCUT2D eigenvalue weighted by Crippen LogP contribution is -2.31. The van der Waals surface area contributed by atoms with Gasteiger partial charge in [0.15, 0.2) is 0 Å². The molecule has 1 unspecified atom stereocenters. The third-order valence-corrected chi connectivity index (χ3v) is 6.20. The highest BCUT2D eigenvalue weighted by atomic mass is 32.1. The monoisotopic (exact) mass is 422 g/mol. The third kappa shape index (κ3) is 2.70. The van der Waals surface area contributed by atoms with E-state index in [0.717, 1.165) is 15.1 Å². The molecule has 1 N–H and O–H groups in total. The molecule has 0 radical (unpaired) electrons. The van der Waals surface area contributed by atoms with Crippen LogP contribution in [0.5, 0.6) is 0 Å². The first kappa shape index (κ1) is 18.4. The van der Waals surface area contributed by atoms with Crippen molar-refractivity contribution in [2.75, 3.05) is 4.90 Å². The predicted octanol–water partition coefficient (Wildman–Crippen LogP) is 3.27. The van der Waals surface area contributed by atoms with Gasteiger partial charge in [-0.3, -0.25) is 19.5 Å². The molecule has 2 aromatic carbocycles. The Morgan fingerprint density at radius 2 is 1.83 bits per heavy atom. The van der Waals surface area contributed by atoms with Gasteiger partial charge in [-0.1, -0.05) is 35.6 Å². The van der Waals surface area contributed by atoms with Gasteiger partial charge in [0.25, 0.3) is 5.56 Å². The highest BCUT2D eigenvalue weighted by molar-refractivity contribution is 7.20. The number of hydrogen-bond donors (Lipinski definition) is 1. The second kappa shape index (κ2) is 6.74. The molecule has 0 bridgehead atoms. The number of H-pyrrole nitrogens is 1. The number of nitrogens with one attached hydrogen (secondary N) is 1. The van der Waals surface area contributed by atoms with Gasteiger partial charge in [-0.15, -0.1) is 0 Å². The van der Waals surface area contributed by atoms with Crippen LogP contribution in [0.15, 0.2) is 53.3 Å². The van der Waals surface area contributed by atoms with Crippen molar-refractivity contribution >= 4 is 39.1 Å². The van der Waals surface area contributed by atoms with Gasteiger partial charge in [0.1, 0.15) is 5.82 Å². The van der Waals surface area contributed by atoms with E-state index in [9.17, 15) is 18.8 Å². The number of carbonyl (C=O) groups is 2.